The summed E-state index contributed by atoms with van der Waals surface area (Å²) in [6, 6.07) is 7.36. The van der Waals surface area contributed by atoms with Crippen LogP contribution in [0, 0.1) is 12.3 Å². The molecule has 0 spiro atoms. The standard InChI is InChI=1S/C16H26N2O/c1-11-7-9-13(10-8-11)14(17)15(19)18(6)12(2)16(3,4)5/h7-10,12,14H,17H2,1-6H3. The number of rotatable bonds is 3. The van der Waals surface area contributed by atoms with Crippen molar-refractivity contribution >= 4 is 5.91 Å². The fourth-order valence-electron chi connectivity index (χ4n) is 1.91. The molecular weight excluding hydrogens is 236 g/mol. The van der Waals surface area contributed by atoms with Gasteiger partial charge in [0.05, 0.1) is 0 Å². The maximum absolute atomic E-state index is 12.4. The van der Waals surface area contributed by atoms with Gasteiger partial charge in [0.1, 0.15) is 6.04 Å². The van der Waals surface area contributed by atoms with Gasteiger partial charge < -0.3 is 10.6 Å². The summed E-state index contributed by atoms with van der Waals surface area (Å²) in [5, 5.41) is 0. The van der Waals surface area contributed by atoms with Crippen LogP contribution in [0.4, 0.5) is 0 Å². The molecule has 3 heteroatoms. The fourth-order valence-corrected chi connectivity index (χ4v) is 1.91. The molecule has 1 aromatic rings. The van der Waals surface area contributed by atoms with E-state index in [0.29, 0.717) is 0 Å². The van der Waals surface area contributed by atoms with E-state index in [1.54, 1.807) is 4.90 Å². The molecule has 19 heavy (non-hydrogen) atoms. The highest BCUT2D eigenvalue weighted by Gasteiger charge is 2.30. The maximum Gasteiger partial charge on any atom is 0.244 e. The van der Waals surface area contributed by atoms with Crippen LogP contribution in [0.1, 0.15) is 44.9 Å². The Hall–Kier alpha value is -1.35. The van der Waals surface area contributed by atoms with Crippen LogP contribution in [0.2, 0.25) is 0 Å². The van der Waals surface area contributed by atoms with Crippen LogP contribution in [0.3, 0.4) is 0 Å². The van der Waals surface area contributed by atoms with Crippen molar-refractivity contribution in [3.63, 3.8) is 0 Å². The van der Waals surface area contributed by atoms with E-state index in [-0.39, 0.29) is 17.4 Å². The number of benzene rings is 1. The summed E-state index contributed by atoms with van der Waals surface area (Å²) in [4.78, 5) is 14.2. The number of carbonyl (C=O) groups is 1. The van der Waals surface area contributed by atoms with E-state index in [2.05, 4.69) is 27.7 Å². The molecule has 2 atom stereocenters. The molecule has 2 N–H and O–H groups in total. The van der Waals surface area contributed by atoms with Crippen LogP contribution in [0.25, 0.3) is 0 Å². The molecule has 0 aliphatic heterocycles. The van der Waals surface area contributed by atoms with Crippen LogP contribution in [0.5, 0.6) is 0 Å². The summed E-state index contributed by atoms with van der Waals surface area (Å²) < 4.78 is 0. The van der Waals surface area contributed by atoms with Gasteiger partial charge in [-0.1, -0.05) is 50.6 Å². The lowest BCUT2D eigenvalue weighted by atomic mass is 9.86. The Balaban J connectivity index is 2.85. The number of carbonyl (C=O) groups excluding carboxylic acids is 1. The predicted octanol–water partition coefficient (Wildman–Crippen LogP) is 2.89. The molecule has 1 aromatic carbocycles. The quantitative estimate of drug-likeness (QED) is 0.910. The first-order valence-electron chi connectivity index (χ1n) is 6.73. The van der Waals surface area contributed by atoms with Crippen LogP contribution < -0.4 is 5.73 Å². The zero-order valence-corrected chi connectivity index (χ0v) is 12.9. The van der Waals surface area contributed by atoms with Crippen molar-refractivity contribution in [1.82, 2.24) is 4.90 Å². The van der Waals surface area contributed by atoms with Gasteiger partial charge >= 0.3 is 0 Å². The second kappa shape index (κ2) is 5.74. The van der Waals surface area contributed by atoms with Crippen molar-refractivity contribution in [1.29, 1.82) is 0 Å². The third kappa shape index (κ3) is 3.80. The van der Waals surface area contributed by atoms with Crippen molar-refractivity contribution < 1.29 is 4.79 Å². The molecular formula is C16H26N2O. The van der Waals surface area contributed by atoms with Crippen LogP contribution >= 0.6 is 0 Å². The van der Waals surface area contributed by atoms with Gasteiger partial charge in [0.25, 0.3) is 0 Å². The topological polar surface area (TPSA) is 46.3 Å². The van der Waals surface area contributed by atoms with Gasteiger partial charge in [0, 0.05) is 13.1 Å². The maximum atomic E-state index is 12.4. The zero-order chi connectivity index (χ0) is 14.8. The fraction of sp³-hybridized carbons (Fsp3) is 0.562. The minimum atomic E-state index is -0.588. The van der Waals surface area contributed by atoms with Crippen LogP contribution in [-0.2, 0) is 4.79 Å². The van der Waals surface area contributed by atoms with Crippen molar-refractivity contribution in [2.45, 2.75) is 46.7 Å². The third-order valence-electron chi connectivity index (χ3n) is 3.88. The molecule has 0 radical (unpaired) electrons. The molecule has 0 heterocycles. The van der Waals surface area contributed by atoms with Crippen molar-refractivity contribution in [3.05, 3.63) is 35.4 Å². The summed E-state index contributed by atoms with van der Waals surface area (Å²) in [6.07, 6.45) is 0. The minimum absolute atomic E-state index is 0.0359. The van der Waals surface area contributed by atoms with Gasteiger partial charge in [-0.25, -0.2) is 0 Å². The molecule has 0 aliphatic rings. The smallest absolute Gasteiger partial charge is 0.244 e. The molecule has 0 fully saturated rings. The second-order valence-electron chi connectivity index (χ2n) is 6.38. The SMILES string of the molecule is Cc1ccc(C(N)C(=O)N(C)C(C)C(C)(C)C)cc1. The Morgan fingerprint density at radius 2 is 1.68 bits per heavy atom. The molecule has 0 aromatic heterocycles. The Kier molecular flexibility index (Phi) is 4.75. The lowest BCUT2D eigenvalue weighted by Gasteiger charge is -2.36. The normalized spacial score (nSPS) is 14.9. The lowest BCUT2D eigenvalue weighted by molar-refractivity contribution is -0.135. The molecule has 106 valence electrons. The van der Waals surface area contributed by atoms with E-state index in [0.717, 1.165) is 5.56 Å². The number of aryl methyl sites for hydroxylation is 1. The summed E-state index contributed by atoms with van der Waals surface area (Å²) in [7, 11) is 1.83. The monoisotopic (exact) mass is 262 g/mol. The van der Waals surface area contributed by atoms with E-state index in [9.17, 15) is 4.79 Å². The highest BCUT2D eigenvalue weighted by atomic mass is 16.2. The lowest BCUT2D eigenvalue weighted by Crippen LogP contribution is -2.46. The summed E-state index contributed by atoms with van der Waals surface area (Å²) in [6.45, 7) is 10.4. The average Bonchev–Trinajstić information content (AvgIpc) is 2.35. The Labute approximate surface area is 116 Å². The molecule has 3 nitrogen and oxygen atoms in total. The summed E-state index contributed by atoms with van der Waals surface area (Å²) in [5.74, 6) is -0.0359. The number of hydrogen-bond acceptors (Lipinski definition) is 2. The van der Waals surface area contributed by atoms with Gasteiger partial charge in [-0.3, -0.25) is 4.79 Å². The second-order valence-corrected chi connectivity index (χ2v) is 6.38. The first-order chi connectivity index (χ1) is 8.64. The minimum Gasteiger partial charge on any atom is -0.341 e. The Bertz CT molecular complexity index is 431. The molecule has 0 saturated carbocycles. The third-order valence-corrected chi connectivity index (χ3v) is 3.88. The summed E-state index contributed by atoms with van der Waals surface area (Å²) in [5.41, 5.74) is 8.15. The first kappa shape index (κ1) is 15.7. The van der Waals surface area contributed by atoms with E-state index in [4.69, 9.17) is 5.73 Å². The van der Waals surface area contributed by atoms with Gasteiger partial charge in [0.2, 0.25) is 5.91 Å². The van der Waals surface area contributed by atoms with Crippen LogP contribution in [0.15, 0.2) is 24.3 Å². The number of nitrogens with two attached hydrogens (primary N) is 1. The van der Waals surface area contributed by atoms with Gasteiger partial charge in [-0.2, -0.15) is 0 Å². The Morgan fingerprint density at radius 3 is 2.11 bits per heavy atom. The van der Waals surface area contributed by atoms with Crippen molar-refractivity contribution in [2.75, 3.05) is 7.05 Å². The van der Waals surface area contributed by atoms with Crippen molar-refractivity contribution in [3.8, 4) is 0 Å². The molecule has 0 bridgehead atoms. The molecule has 1 rings (SSSR count). The van der Waals surface area contributed by atoms with Gasteiger partial charge in [-0.05, 0) is 24.8 Å². The number of likely N-dealkylation sites (N-methyl/N-ethyl adjacent to an activating group) is 1. The molecule has 2 unspecified atom stereocenters. The summed E-state index contributed by atoms with van der Waals surface area (Å²) >= 11 is 0. The first-order valence-corrected chi connectivity index (χ1v) is 6.73. The highest BCUT2D eigenvalue weighted by Crippen LogP contribution is 2.25. The van der Waals surface area contributed by atoms with E-state index in [1.807, 2.05) is 38.2 Å². The highest BCUT2D eigenvalue weighted by molar-refractivity contribution is 5.83. The zero-order valence-electron chi connectivity index (χ0n) is 12.9. The predicted molar refractivity (Wildman–Crippen MR) is 79.8 cm³/mol. The molecule has 0 saturated heterocycles. The largest absolute Gasteiger partial charge is 0.341 e. The van der Waals surface area contributed by atoms with Gasteiger partial charge in [-0.15, -0.1) is 0 Å². The average molecular weight is 262 g/mol. The van der Waals surface area contributed by atoms with Crippen LogP contribution in [-0.4, -0.2) is 23.9 Å². The molecule has 0 aliphatic carbocycles. The molecule has 1 amide bonds. The van der Waals surface area contributed by atoms with E-state index >= 15 is 0 Å². The van der Waals surface area contributed by atoms with E-state index in [1.165, 1.54) is 5.56 Å². The Morgan fingerprint density at radius 1 is 1.21 bits per heavy atom. The number of hydrogen-bond donors (Lipinski definition) is 1. The number of amides is 1. The van der Waals surface area contributed by atoms with Gasteiger partial charge in [0.15, 0.2) is 0 Å². The van der Waals surface area contributed by atoms with Crippen molar-refractivity contribution in [2.24, 2.45) is 11.1 Å². The van der Waals surface area contributed by atoms with E-state index < -0.39 is 6.04 Å². The number of nitrogens with zero attached hydrogens (tertiary/aromatic N) is 1.